The van der Waals surface area contributed by atoms with Gasteiger partial charge >= 0.3 is 18.0 Å². The number of carbonyl (C=O) groups excluding carboxylic acids is 9. The van der Waals surface area contributed by atoms with Gasteiger partial charge in [-0.15, -0.1) is 0 Å². The molecule has 0 aliphatic carbocycles. The van der Waals surface area contributed by atoms with Crippen molar-refractivity contribution in [2.75, 3.05) is 26.0 Å². The highest BCUT2D eigenvalue weighted by Gasteiger charge is 2.46. The van der Waals surface area contributed by atoms with Crippen LogP contribution in [-0.2, 0) is 64.7 Å². The Balaban J connectivity index is 1.71. The first-order chi connectivity index (χ1) is 37.3. The van der Waals surface area contributed by atoms with E-state index in [9.17, 15) is 57.8 Å². The van der Waals surface area contributed by atoms with Crippen molar-refractivity contribution >= 4 is 71.0 Å². The molecule has 22 heteroatoms. The molecule has 0 radical (unpaired) electrons. The lowest BCUT2D eigenvalue weighted by atomic mass is 9.76. The van der Waals surface area contributed by atoms with Crippen molar-refractivity contribution in [2.24, 2.45) is 17.3 Å². The maximum atomic E-state index is 14.9. The molecule has 0 unspecified atom stereocenters. The van der Waals surface area contributed by atoms with Gasteiger partial charge in [-0.2, -0.15) is 0 Å². The summed E-state index contributed by atoms with van der Waals surface area (Å²) in [5.74, 6) is -7.33. The fourth-order valence-corrected chi connectivity index (χ4v) is 8.93. The van der Waals surface area contributed by atoms with E-state index in [-0.39, 0.29) is 61.1 Å². The minimum absolute atomic E-state index is 0.0809. The van der Waals surface area contributed by atoms with Gasteiger partial charge in [-0.25, -0.2) is 9.59 Å². The Bertz CT molecular complexity index is 2610. The van der Waals surface area contributed by atoms with E-state index in [1.54, 1.807) is 84.9 Å². The predicted molar refractivity (Wildman–Crippen MR) is 298 cm³/mol. The van der Waals surface area contributed by atoms with Gasteiger partial charge in [0.25, 0.3) is 11.8 Å². The van der Waals surface area contributed by atoms with Crippen LogP contribution in [0.5, 0.6) is 0 Å². The SMILES string of the molecule is C/C(=C\[C@H](C(C)C)N(C)C(=O)[C@@H](NC(=O)[C@@H](N(C)C(=O)OCc1ccc(NC(=O)[C@H](C)NC(=O)[C@@H](NC(=O)CCCCCN2C(=O)C=CC2=O)C(C)C)cc1)C(C)(C)c1ccccc1)C(C)(C)C)C(=O)N[C@H](CCC(=O)O)C(=O)O. The van der Waals surface area contributed by atoms with Crippen LogP contribution in [0.4, 0.5) is 10.5 Å². The van der Waals surface area contributed by atoms with E-state index in [4.69, 9.17) is 9.84 Å². The van der Waals surface area contributed by atoms with Gasteiger partial charge in [0.2, 0.25) is 35.4 Å². The monoisotopic (exact) mass is 1110 g/mol. The number of carboxylic acids is 2. The molecule has 438 valence electrons. The number of likely N-dealkylation sites (N-methyl/N-ethyl adjacent to an activating group) is 2. The summed E-state index contributed by atoms with van der Waals surface area (Å²) in [6.45, 7) is 19.0. The quantitative estimate of drug-likeness (QED) is 0.0318. The van der Waals surface area contributed by atoms with Gasteiger partial charge in [0.1, 0.15) is 36.8 Å². The molecule has 1 aliphatic rings. The largest absolute Gasteiger partial charge is 0.481 e. The molecular weight excluding hydrogens is 1030 g/mol. The van der Waals surface area contributed by atoms with Crippen molar-refractivity contribution in [3.05, 3.63) is 89.5 Å². The second-order valence-electron chi connectivity index (χ2n) is 22.5. The van der Waals surface area contributed by atoms with Crippen LogP contribution in [0.15, 0.2) is 78.4 Å². The zero-order valence-corrected chi connectivity index (χ0v) is 48.3. The number of benzene rings is 2. The summed E-state index contributed by atoms with van der Waals surface area (Å²) in [6, 6.07) is 8.89. The van der Waals surface area contributed by atoms with Gasteiger partial charge in [0.05, 0.1) is 6.04 Å². The standard InChI is InChI=1S/C58H82N8O14/c1-34(2)42(32-36(5)50(72)61-41(55(77)78)27-30-46(70)71)64(12)54(76)48(57(7,8)9)63-53(75)49(58(10,11)39-20-16-14-17-21-39)65(13)56(79)80-33-38-23-25-40(26-24-38)60-51(73)37(6)59-52(74)47(35(3)4)62-43(67)22-18-15-19-31-66-44(68)28-29-45(66)69/h14,16-17,20-21,23-26,28-29,32,34-35,37,41-42,47-49H,15,18-19,22,27,30-31,33H2,1-13H3,(H,59,74)(H,60,73)(H,61,72)(H,62,67)(H,63,75)(H,70,71)(H,77,78)/b36-32+/t37-,41+,42+,47-,48+,49+/m0/s1. The van der Waals surface area contributed by atoms with Crippen LogP contribution >= 0.6 is 0 Å². The molecule has 0 saturated carbocycles. The molecule has 0 saturated heterocycles. The number of rotatable bonds is 29. The van der Waals surface area contributed by atoms with E-state index in [1.165, 1.54) is 56.0 Å². The Morgan fingerprint density at radius 1 is 0.700 bits per heavy atom. The van der Waals surface area contributed by atoms with E-state index in [1.807, 2.05) is 32.0 Å². The van der Waals surface area contributed by atoms with Crippen molar-refractivity contribution in [3.63, 3.8) is 0 Å². The number of nitrogens with zero attached hydrogens (tertiary/aromatic N) is 3. The van der Waals surface area contributed by atoms with Crippen LogP contribution in [0.25, 0.3) is 0 Å². The highest BCUT2D eigenvalue weighted by atomic mass is 16.6. The zero-order chi connectivity index (χ0) is 60.4. The molecule has 9 amide bonds. The second-order valence-corrected chi connectivity index (χ2v) is 22.5. The molecule has 80 heavy (non-hydrogen) atoms. The third-order valence-corrected chi connectivity index (χ3v) is 13.8. The summed E-state index contributed by atoms with van der Waals surface area (Å²) >= 11 is 0. The molecule has 1 heterocycles. The normalized spacial score (nSPS) is 15.0. The molecule has 0 fully saturated rings. The average molecular weight is 1120 g/mol. The first kappa shape index (κ1) is 66.4. The Morgan fingerprint density at radius 2 is 1.30 bits per heavy atom. The molecule has 0 bridgehead atoms. The Hall–Kier alpha value is -7.91. The number of carboxylic acid groups (broad SMARTS) is 2. The van der Waals surface area contributed by atoms with Gasteiger partial charge in [0, 0.05) is 62.3 Å². The minimum atomic E-state index is -1.46. The third kappa shape index (κ3) is 19.5. The molecule has 2 aromatic rings. The first-order valence-corrected chi connectivity index (χ1v) is 26.8. The van der Waals surface area contributed by atoms with Crippen molar-refractivity contribution in [3.8, 4) is 0 Å². The molecule has 7 N–H and O–H groups in total. The maximum Gasteiger partial charge on any atom is 0.410 e. The fraction of sp³-hybridized carbons (Fsp3) is 0.534. The number of hydrogen-bond acceptors (Lipinski definition) is 12. The molecule has 22 nitrogen and oxygen atoms in total. The Kier molecular flexibility index (Phi) is 24.8. The lowest BCUT2D eigenvalue weighted by Crippen LogP contribution is -2.63. The molecule has 6 atom stereocenters. The smallest absolute Gasteiger partial charge is 0.410 e. The van der Waals surface area contributed by atoms with Crippen LogP contribution in [0.1, 0.15) is 126 Å². The van der Waals surface area contributed by atoms with Crippen LogP contribution in [0.2, 0.25) is 0 Å². The number of nitrogens with one attached hydrogen (secondary N) is 5. The van der Waals surface area contributed by atoms with E-state index in [0.717, 1.165) is 4.90 Å². The van der Waals surface area contributed by atoms with Crippen molar-refractivity contribution in [1.29, 1.82) is 0 Å². The zero-order valence-electron chi connectivity index (χ0n) is 48.3. The highest BCUT2D eigenvalue weighted by molar-refractivity contribution is 6.12. The maximum absolute atomic E-state index is 14.9. The molecule has 1 aliphatic heterocycles. The molecular formula is C58H82N8O14. The molecule has 3 rings (SSSR count). The van der Waals surface area contributed by atoms with Crippen molar-refractivity contribution in [2.45, 2.75) is 163 Å². The summed E-state index contributed by atoms with van der Waals surface area (Å²) in [4.78, 5) is 146. The van der Waals surface area contributed by atoms with Gasteiger partial charge in [0.15, 0.2) is 0 Å². The number of carbonyl (C=O) groups is 11. The second kappa shape index (κ2) is 29.9. The van der Waals surface area contributed by atoms with Gasteiger partial charge in [-0.3, -0.25) is 53.0 Å². The lowest BCUT2D eigenvalue weighted by molar-refractivity contribution is -0.142. The lowest BCUT2D eigenvalue weighted by Gasteiger charge is -2.42. The van der Waals surface area contributed by atoms with E-state index >= 15 is 0 Å². The molecule has 0 aromatic heterocycles. The number of hydrogen-bond donors (Lipinski definition) is 7. The van der Waals surface area contributed by atoms with Gasteiger partial charge in [-0.1, -0.05) is 117 Å². The van der Waals surface area contributed by atoms with Crippen LogP contribution in [0.3, 0.4) is 0 Å². The third-order valence-electron chi connectivity index (χ3n) is 13.8. The van der Waals surface area contributed by atoms with Crippen molar-refractivity contribution < 1.29 is 67.7 Å². The van der Waals surface area contributed by atoms with Crippen LogP contribution < -0.4 is 26.6 Å². The molecule has 0 spiro atoms. The summed E-state index contributed by atoms with van der Waals surface area (Å²) in [5.41, 5.74) is -0.303. The van der Waals surface area contributed by atoms with E-state index in [2.05, 4.69) is 26.6 Å². The number of ether oxygens (including phenoxy) is 1. The average Bonchev–Trinajstić information content (AvgIpc) is 3.72. The van der Waals surface area contributed by atoms with E-state index in [0.29, 0.717) is 36.1 Å². The minimum Gasteiger partial charge on any atom is -0.481 e. The van der Waals surface area contributed by atoms with Crippen LogP contribution in [0, 0.1) is 17.3 Å². The van der Waals surface area contributed by atoms with Crippen LogP contribution in [-0.4, -0.2) is 147 Å². The highest BCUT2D eigenvalue weighted by Crippen LogP contribution is 2.32. The number of unbranched alkanes of at least 4 members (excludes halogenated alkanes) is 2. The first-order valence-electron chi connectivity index (χ1n) is 26.8. The summed E-state index contributed by atoms with van der Waals surface area (Å²) in [5, 5.41) is 32.1. The van der Waals surface area contributed by atoms with Crippen molar-refractivity contribution in [1.82, 2.24) is 36.0 Å². The Morgan fingerprint density at radius 3 is 1.84 bits per heavy atom. The Labute approximate surface area is 468 Å². The predicted octanol–water partition coefficient (Wildman–Crippen LogP) is 5.07. The summed E-state index contributed by atoms with van der Waals surface area (Å²) in [6.07, 6.45) is 3.98. The fourth-order valence-electron chi connectivity index (χ4n) is 8.93. The number of imide groups is 1. The van der Waals surface area contributed by atoms with E-state index < -0.39 is 101 Å². The number of aliphatic carboxylic acids is 2. The van der Waals surface area contributed by atoms with Gasteiger partial charge in [-0.05, 0) is 73.6 Å². The summed E-state index contributed by atoms with van der Waals surface area (Å²) in [7, 11) is 2.95. The topological polar surface area (TPSA) is 307 Å². The number of amides is 9. The molecule has 2 aromatic carbocycles. The summed E-state index contributed by atoms with van der Waals surface area (Å²) < 4.78 is 5.76. The number of anilines is 1. The van der Waals surface area contributed by atoms with Gasteiger partial charge < -0.3 is 46.4 Å².